The highest BCUT2D eigenvalue weighted by atomic mass is 16.2. The van der Waals surface area contributed by atoms with Gasteiger partial charge in [-0.15, -0.1) is 0 Å². The van der Waals surface area contributed by atoms with Crippen molar-refractivity contribution in [3.8, 4) is 0 Å². The number of urea groups is 1. The van der Waals surface area contributed by atoms with Crippen molar-refractivity contribution < 1.29 is 9.59 Å². The smallest absolute Gasteiger partial charge is 0.317 e. The number of rotatable bonds is 5. The number of hydrogen-bond donors (Lipinski definition) is 2. The number of amides is 3. The molecule has 154 valence electrons. The van der Waals surface area contributed by atoms with Crippen molar-refractivity contribution in [3.05, 3.63) is 70.8 Å². The van der Waals surface area contributed by atoms with E-state index in [2.05, 4.69) is 54.8 Å². The zero-order valence-electron chi connectivity index (χ0n) is 17.6. The molecule has 1 saturated heterocycles. The molecule has 1 fully saturated rings. The summed E-state index contributed by atoms with van der Waals surface area (Å²) in [5.74, 6) is 0.691. The van der Waals surface area contributed by atoms with Gasteiger partial charge in [-0.05, 0) is 47.6 Å². The minimum absolute atomic E-state index is 0.0351. The number of nitrogens with one attached hydrogen (secondary N) is 2. The van der Waals surface area contributed by atoms with Crippen LogP contribution in [0, 0.1) is 0 Å². The lowest BCUT2D eigenvalue weighted by Gasteiger charge is -2.32. The number of likely N-dealkylation sites (tertiary alicyclic amines) is 1. The average molecular weight is 394 g/mol. The third-order valence-corrected chi connectivity index (χ3v) is 5.64. The SMILES string of the molecule is CNC(=O)N1CCC[C@H](c2cccc(C(=O)NCc3ccc(C(C)C)cc3)c2)C1. The molecule has 1 atom stereocenters. The van der Waals surface area contributed by atoms with Crippen LogP contribution in [-0.4, -0.2) is 37.0 Å². The Bertz CT molecular complexity index is 845. The van der Waals surface area contributed by atoms with Crippen LogP contribution < -0.4 is 10.6 Å². The Balaban J connectivity index is 1.62. The molecule has 1 heterocycles. The first-order valence-electron chi connectivity index (χ1n) is 10.4. The summed E-state index contributed by atoms with van der Waals surface area (Å²) in [5.41, 5.74) is 4.17. The Kier molecular flexibility index (Phi) is 6.91. The molecule has 5 heteroatoms. The maximum absolute atomic E-state index is 12.7. The van der Waals surface area contributed by atoms with Crippen LogP contribution in [0.3, 0.4) is 0 Å². The number of carbonyl (C=O) groups is 2. The average Bonchev–Trinajstić information content (AvgIpc) is 2.77. The fraction of sp³-hybridized carbons (Fsp3) is 0.417. The molecule has 5 nitrogen and oxygen atoms in total. The molecule has 1 aliphatic heterocycles. The number of piperidine rings is 1. The molecular formula is C24H31N3O2. The molecule has 2 aromatic carbocycles. The minimum Gasteiger partial charge on any atom is -0.348 e. The Morgan fingerprint density at radius 3 is 2.59 bits per heavy atom. The topological polar surface area (TPSA) is 61.4 Å². The first-order chi connectivity index (χ1) is 14.0. The molecule has 0 aliphatic carbocycles. The van der Waals surface area contributed by atoms with Gasteiger partial charge in [-0.1, -0.05) is 50.2 Å². The third-order valence-electron chi connectivity index (χ3n) is 5.64. The van der Waals surface area contributed by atoms with Gasteiger partial charge in [-0.2, -0.15) is 0 Å². The largest absolute Gasteiger partial charge is 0.348 e. The van der Waals surface area contributed by atoms with Crippen molar-refractivity contribution in [1.82, 2.24) is 15.5 Å². The van der Waals surface area contributed by atoms with Crippen LogP contribution in [0.2, 0.25) is 0 Å². The first-order valence-corrected chi connectivity index (χ1v) is 10.4. The standard InChI is InChI=1S/C24H31N3O2/c1-17(2)19-11-9-18(10-12-19)15-26-23(28)21-7-4-6-20(14-21)22-8-5-13-27(16-22)24(29)25-3/h4,6-7,9-12,14,17,22H,5,8,13,15-16H2,1-3H3,(H,25,29)(H,26,28)/t22-/m0/s1. The monoisotopic (exact) mass is 393 g/mol. The van der Waals surface area contributed by atoms with Crippen LogP contribution in [-0.2, 0) is 6.54 Å². The molecule has 0 bridgehead atoms. The van der Waals surface area contributed by atoms with Gasteiger partial charge in [0.05, 0.1) is 0 Å². The van der Waals surface area contributed by atoms with Crippen LogP contribution in [0.15, 0.2) is 48.5 Å². The molecule has 3 amide bonds. The molecule has 0 aromatic heterocycles. The fourth-order valence-corrected chi connectivity index (χ4v) is 3.83. The van der Waals surface area contributed by atoms with E-state index in [9.17, 15) is 9.59 Å². The molecule has 2 aromatic rings. The van der Waals surface area contributed by atoms with Gasteiger partial charge in [0.1, 0.15) is 0 Å². The Morgan fingerprint density at radius 1 is 1.14 bits per heavy atom. The summed E-state index contributed by atoms with van der Waals surface area (Å²) < 4.78 is 0. The van der Waals surface area contributed by atoms with Gasteiger partial charge in [0.25, 0.3) is 5.91 Å². The Morgan fingerprint density at radius 2 is 1.90 bits per heavy atom. The molecule has 29 heavy (non-hydrogen) atoms. The van der Waals surface area contributed by atoms with Crippen LogP contribution in [0.25, 0.3) is 0 Å². The van der Waals surface area contributed by atoms with E-state index in [1.165, 1.54) is 5.56 Å². The molecule has 0 spiro atoms. The first kappa shape index (κ1) is 20.9. The van der Waals surface area contributed by atoms with Gasteiger partial charge >= 0.3 is 6.03 Å². The third kappa shape index (κ3) is 5.37. The van der Waals surface area contributed by atoms with E-state index >= 15 is 0 Å². The van der Waals surface area contributed by atoms with Crippen molar-refractivity contribution in [2.75, 3.05) is 20.1 Å². The van der Waals surface area contributed by atoms with E-state index in [1.807, 2.05) is 23.1 Å². The number of hydrogen-bond acceptors (Lipinski definition) is 2. The predicted octanol–water partition coefficient (Wildman–Crippen LogP) is 4.26. The Hall–Kier alpha value is -2.82. The molecular weight excluding hydrogens is 362 g/mol. The number of carbonyl (C=O) groups excluding carboxylic acids is 2. The van der Waals surface area contributed by atoms with E-state index < -0.39 is 0 Å². The van der Waals surface area contributed by atoms with Crippen molar-refractivity contribution in [3.63, 3.8) is 0 Å². The predicted molar refractivity (Wildman–Crippen MR) is 116 cm³/mol. The van der Waals surface area contributed by atoms with E-state index in [1.54, 1.807) is 7.05 Å². The van der Waals surface area contributed by atoms with Gasteiger partial charge < -0.3 is 15.5 Å². The lowest BCUT2D eigenvalue weighted by Crippen LogP contribution is -2.43. The lowest BCUT2D eigenvalue weighted by atomic mass is 9.89. The van der Waals surface area contributed by atoms with Crippen LogP contribution in [0.5, 0.6) is 0 Å². The second kappa shape index (κ2) is 9.59. The molecule has 0 radical (unpaired) electrons. The molecule has 1 aliphatic rings. The van der Waals surface area contributed by atoms with E-state index in [0.29, 0.717) is 24.6 Å². The summed E-state index contributed by atoms with van der Waals surface area (Å²) in [6.45, 7) is 6.32. The molecule has 3 rings (SSSR count). The van der Waals surface area contributed by atoms with Crippen molar-refractivity contribution in [2.24, 2.45) is 0 Å². The van der Waals surface area contributed by atoms with E-state index in [4.69, 9.17) is 0 Å². The normalized spacial score (nSPS) is 16.6. The zero-order valence-corrected chi connectivity index (χ0v) is 17.6. The number of benzene rings is 2. The zero-order chi connectivity index (χ0) is 20.8. The molecule has 0 saturated carbocycles. The minimum atomic E-state index is -0.0706. The second-order valence-corrected chi connectivity index (χ2v) is 8.04. The van der Waals surface area contributed by atoms with Crippen molar-refractivity contribution in [1.29, 1.82) is 0 Å². The maximum Gasteiger partial charge on any atom is 0.317 e. The fourth-order valence-electron chi connectivity index (χ4n) is 3.83. The van der Waals surface area contributed by atoms with Gasteiger partial charge in [0.15, 0.2) is 0 Å². The highest BCUT2D eigenvalue weighted by Crippen LogP contribution is 2.27. The van der Waals surface area contributed by atoms with Gasteiger partial charge in [0, 0.05) is 38.2 Å². The summed E-state index contributed by atoms with van der Waals surface area (Å²) in [4.78, 5) is 26.5. The van der Waals surface area contributed by atoms with Crippen molar-refractivity contribution >= 4 is 11.9 Å². The summed E-state index contributed by atoms with van der Waals surface area (Å²) in [6, 6.07) is 16.1. The maximum atomic E-state index is 12.7. The van der Waals surface area contributed by atoms with Crippen LogP contribution >= 0.6 is 0 Å². The van der Waals surface area contributed by atoms with Crippen molar-refractivity contribution in [2.45, 2.75) is 45.1 Å². The highest BCUT2D eigenvalue weighted by molar-refractivity contribution is 5.94. The molecule has 2 N–H and O–H groups in total. The van der Waals surface area contributed by atoms with Crippen LogP contribution in [0.4, 0.5) is 4.79 Å². The highest BCUT2D eigenvalue weighted by Gasteiger charge is 2.24. The molecule has 0 unspecified atom stereocenters. The second-order valence-electron chi connectivity index (χ2n) is 8.04. The summed E-state index contributed by atoms with van der Waals surface area (Å²) in [6.07, 6.45) is 2.00. The van der Waals surface area contributed by atoms with Gasteiger partial charge in [0.2, 0.25) is 0 Å². The lowest BCUT2D eigenvalue weighted by molar-refractivity contribution is 0.0950. The Labute approximate surface area is 173 Å². The summed E-state index contributed by atoms with van der Waals surface area (Å²) in [5, 5.41) is 5.72. The van der Waals surface area contributed by atoms with Crippen LogP contribution in [0.1, 0.15) is 65.6 Å². The van der Waals surface area contributed by atoms with E-state index in [-0.39, 0.29) is 17.9 Å². The quantitative estimate of drug-likeness (QED) is 0.797. The van der Waals surface area contributed by atoms with Gasteiger partial charge in [-0.25, -0.2) is 4.79 Å². The van der Waals surface area contributed by atoms with Gasteiger partial charge in [-0.3, -0.25) is 4.79 Å². The number of nitrogens with zero attached hydrogens (tertiary/aromatic N) is 1. The van der Waals surface area contributed by atoms with E-state index in [0.717, 1.165) is 30.5 Å². The summed E-state index contributed by atoms with van der Waals surface area (Å²) >= 11 is 0. The summed E-state index contributed by atoms with van der Waals surface area (Å²) in [7, 11) is 1.66.